The second kappa shape index (κ2) is 8.54. The van der Waals surface area contributed by atoms with Crippen LogP contribution in [0.5, 0.6) is 11.5 Å². The van der Waals surface area contributed by atoms with E-state index in [4.69, 9.17) is 32.7 Å². The maximum Gasteiger partial charge on any atom is 0.256 e. The SMILES string of the molecule is COc1cc2c(cc1OC)[C@@H](c1cccc(Cl)c1)N(C(=O)c1ccc(Cl)nc1)CC2. The Bertz CT molecular complexity index is 1090. The first kappa shape index (κ1) is 20.5. The van der Waals surface area contributed by atoms with Crippen LogP contribution in [0.15, 0.2) is 54.7 Å². The van der Waals surface area contributed by atoms with E-state index in [1.807, 2.05) is 41.3 Å². The molecule has 0 bridgehead atoms. The maximum absolute atomic E-state index is 13.4. The first-order valence-corrected chi connectivity index (χ1v) is 10.2. The molecule has 4 rings (SSSR count). The Morgan fingerprint density at radius 3 is 2.50 bits per heavy atom. The number of amides is 1. The Morgan fingerprint density at radius 1 is 1.07 bits per heavy atom. The maximum atomic E-state index is 13.4. The molecule has 0 saturated carbocycles. The average Bonchev–Trinajstić information content (AvgIpc) is 2.77. The molecule has 3 aromatic rings. The van der Waals surface area contributed by atoms with Gasteiger partial charge >= 0.3 is 0 Å². The van der Waals surface area contributed by atoms with Crippen LogP contribution in [0.4, 0.5) is 0 Å². The molecule has 1 atom stereocenters. The largest absolute Gasteiger partial charge is 0.493 e. The van der Waals surface area contributed by atoms with Crippen LogP contribution in [0.2, 0.25) is 10.2 Å². The third kappa shape index (κ3) is 3.83. The summed E-state index contributed by atoms with van der Waals surface area (Å²) in [4.78, 5) is 19.3. The molecule has 154 valence electrons. The first-order valence-electron chi connectivity index (χ1n) is 9.44. The van der Waals surface area contributed by atoms with Crippen molar-refractivity contribution >= 4 is 29.1 Å². The van der Waals surface area contributed by atoms with Crippen LogP contribution >= 0.6 is 23.2 Å². The lowest BCUT2D eigenvalue weighted by molar-refractivity contribution is 0.0693. The summed E-state index contributed by atoms with van der Waals surface area (Å²) in [6.07, 6.45) is 2.20. The summed E-state index contributed by atoms with van der Waals surface area (Å²) < 4.78 is 11.0. The van der Waals surface area contributed by atoms with Crippen LogP contribution in [0, 0.1) is 0 Å². The highest BCUT2D eigenvalue weighted by atomic mass is 35.5. The molecule has 1 aliphatic heterocycles. The molecule has 7 heteroatoms. The number of hydrogen-bond donors (Lipinski definition) is 0. The van der Waals surface area contributed by atoms with Gasteiger partial charge < -0.3 is 14.4 Å². The third-order valence-electron chi connectivity index (χ3n) is 5.27. The summed E-state index contributed by atoms with van der Waals surface area (Å²) in [5, 5.41) is 0.958. The number of aromatic nitrogens is 1. The fraction of sp³-hybridized carbons (Fsp3) is 0.217. The molecule has 0 radical (unpaired) electrons. The molecule has 0 spiro atoms. The molecule has 0 N–H and O–H groups in total. The number of carbonyl (C=O) groups excluding carboxylic acids is 1. The zero-order valence-corrected chi connectivity index (χ0v) is 18.1. The van der Waals surface area contributed by atoms with Crippen molar-refractivity contribution in [2.75, 3.05) is 20.8 Å². The minimum atomic E-state index is -0.324. The van der Waals surface area contributed by atoms with Gasteiger partial charge in [0.15, 0.2) is 11.5 Å². The molecule has 1 amide bonds. The van der Waals surface area contributed by atoms with Crippen LogP contribution < -0.4 is 9.47 Å². The van der Waals surface area contributed by atoms with Crippen LogP contribution in [-0.2, 0) is 6.42 Å². The number of nitrogens with zero attached hydrogens (tertiary/aromatic N) is 2. The van der Waals surface area contributed by atoms with Gasteiger partial charge in [-0.2, -0.15) is 0 Å². The molecule has 2 aromatic carbocycles. The Kier molecular flexibility index (Phi) is 5.84. The number of hydrogen-bond acceptors (Lipinski definition) is 4. The van der Waals surface area contributed by atoms with Gasteiger partial charge in [-0.3, -0.25) is 4.79 Å². The van der Waals surface area contributed by atoms with Crippen LogP contribution in [0.1, 0.15) is 33.1 Å². The number of fused-ring (bicyclic) bond motifs is 1. The Hall–Kier alpha value is -2.76. The van der Waals surface area contributed by atoms with Gasteiger partial charge in [0, 0.05) is 17.8 Å². The molecule has 1 aliphatic rings. The second-order valence-electron chi connectivity index (χ2n) is 6.98. The Labute approximate surface area is 185 Å². The number of pyridine rings is 1. The van der Waals surface area contributed by atoms with E-state index in [0.717, 1.165) is 16.7 Å². The quantitative estimate of drug-likeness (QED) is 0.521. The van der Waals surface area contributed by atoms with E-state index >= 15 is 0 Å². The topological polar surface area (TPSA) is 51.7 Å². The summed E-state index contributed by atoms with van der Waals surface area (Å²) in [6, 6.07) is 14.5. The molecule has 0 saturated heterocycles. The predicted molar refractivity (Wildman–Crippen MR) is 117 cm³/mol. The number of halogens is 2. The summed E-state index contributed by atoms with van der Waals surface area (Å²) in [5.74, 6) is 1.16. The predicted octanol–water partition coefficient (Wildman–Crippen LogP) is 5.19. The Morgan fingerprint density at radius 2 is 1.83 bits per heavy atom. The molecular weight excluding hydrogens is 423 g/mol. The highest BCUT2D eigenvalue weighted by Crippen LogP contribution is 2.41. The minimum Gasteiger partial charge on any atom is -0.493 e. The fourth-order valence-electron chi connectivity index (χ4n) is 3.87. The van der Waals surface area contributed by atoms with Crippen molar-refractivity contribution in [3.63, 3.8) is 0 Å². The number of carbonyl (C=O) groups is 1. The van der Waals surface area contributed by atoms with Gasteiger partial charge in [0.2, 0.25) is 0 Å². The minimum absolute atomic E-state index is 0.121. The van der Waals surface area contributed by atoms with E-state index in [1.54, 1.807) is 26.4 Å². The summed E-state index contributed by atoms with van der Waals surface area (Å²) in [7, 11) is 3.22. The number of methoxy groups -OCH3 is 2. The van der Waals surface area contributed by atoms with Gasteiger partial charge in [-0.1, -0.05) is 35.3 Å². The van der Waals surface area contributed by atoms with Gasteiger partial charge in [0.05, 0.1) is 25.8 Å². The smallest absolute Gasteiger partial charge is 0.256 e. The van der Waals surface area contributed by atoms with E-state index in [1.165, 1.54) is 6.20 Å². The van der Waals surface area contributed by atoms with E-state index in [0.29, 0.717) is 40.2 Å². The van der Waals surface area contributed by atoms with Crippen molar-refractivity contribution < 1.29 is 14.3 Å². The molecule has 0 fully saturated rings. The van der Waals surface area contributed by atoms with E-state index in [-0.39, 0.29) is 11.9 Å². The van der Waals surface area contributed by atoms with Crippen molar-refractivity contribution in [1.29, 1.82) is 0 Å². The zero-order valence-electron chi connectivity index (χ0n) is 16.6. The molecule has 2 heterocycles. The lowest BCUT2D eigenvalue weighted by Gasteiger charge is -2.38. The van der Waals surface area contributed by atoms with Crippen LogP contribution in [0.3, 0.4) is 0 Å². The molecule has 30 heavy (non-hydrogen) atoms. The first-order chi connectivity index (χ1) is 14.5. The van der Waals surface area contributed by atoms with E-state index in [9.17, 15) is 4.79 Å². The van der Waals surface area contributed by atoms with Gasteiger partial charge in [0.25, 0.3) is 5.91 Å². The number of rotatable bonds is 4. The fourth-order valence-corrected chi connectivity index (χ4v) is 4.18. The molecule has 0 unspecified atom stereocenters. The van der Waals surface area contributed by atoms with Gasteiger partial charge in [-0.15, -0.1) is 0 Å². The summed E-state index contributed by atoms with van der Waals surface area (Å²) in [5.41, 5.74) is 3.49. The van der Waals surface area contributed by atoms with Gasteiger partial charge in [-0.05, 0) is 59.5 Å². The monoisotopic (exact) mass is 442 g/mol. The Balaban J connectivity index is 1.85. The van der Waals surface area contributed by atoms with E-state index < -0.39 is 0 Å². The van der Waals surface area contributed by atoms with Crippen LogP contribution in [0.25, 0.3) is 0 Å². The van der Waals surface area contributed by atoms with Crippen molar-refractivity contribution in [3.05, 3.63) is 87.2 Å². The van der Waals surface area contributed by atoms with Gasteiger partial charge in [0.1, 0.15) is 5.15 Å². The van der Waals surface area contributed by atoms with Crippen molar-refractivity contribution in [3.8, 4) is 11.5 Å². The van der Waals surface area contributed by atoms with Gasteiger partial charge in [-0.25, -0.2) is 4.98 Å². The number of benzene rings is 2. The summed E-state index contributed by atoms with van der Waals surface area (Å²) >= 11 is 12.2. The zero-order chi connectivity index (χ0) is 21.3. The second-order valence-corrected chi connectivity index (χ2v) is 7.81. The molecule has 0 aliphatic carbocycles. The van der Waals surface area contributed by atoms with Crippen molar-refractivity contribution in [2.24, 2.45) is 0 Å². The highest BCUT2D eigenvalue weighted by Gasteiger charge is 2.34. The van der Waals surface area contributed by atoms with Crippen LogP contribution in [-0.4, -0.2) is 36.6 Å². The lowest BCUT2D eigenvalue weighted by atomic mass is 9.87. The van der Waals surface area contributed by atoms with Crippen molar-refractivity contribution in [2.45, 2.75) is 12.5 Å². The van der Waals surface area contributed by atoms with E-state index in [2.05, 4.69) is 4.98 Å². The normalized spacial score (nSPS) is 15.5. The standard InChI is InChI=1S/C23H20Cl2N2O3/c1-29-19-11-14-8-9-27(23(28)16-6-7-21(25)26-13-16)22(18(14)12-20(19)30-2)15-4-3-5-17(24)10-15/h3-7,10-13,22H,8-9H2,1-2H3/t22-/m1/s1. The third-order valence-corrected chi connectivity index (χ3v) is 5.73. The molecular formula is C23H20Cl2N2O3. The number of ether oxygens (including phenoxy) is 2. The molecule has 5 nitrogen and oxygen atoms in total. The highest BCUT2D eigenvalue weighted by molar-refractivity contribution is 6.30. The average molecular weight is 443 g/mol. The summed E-state index contributed by atoms with van der Waals surface area (Å²) in [6.45, 7) is 0.543. The molecule has 1 aromatic heterocycles. The lowest BCUT2D eigenvalue weighted by Crippen LogP contribution is -2.40. The van der Waals surface area contributed by atoms with Crippen molar-refractivity contribution in [1.82, 2.24) is 9.88 Å².